The van der Waals surface area contributed by atoms with Crippen LogP contribution in [0.2, 0.25) is 0 Å². The molecule has 5 rings (SSSR count). The van der Waals surface area contributed by atoms with E-state index < -0.39 is 10.3 Å². The van der Waals surface area contributed by atoms with Crippen LogP contribution in [-0.2, 0) is 25.6 Å². The van der Waals surface area contributed by atoms with Gasteiger partial charge in [-0.25, -0.2) is 15.1 Å². The lowest BCUT2D eigenvalue weighted by atomic mass is 9.93. The van der Waals surface area contributed by atoms with E-state index in [2.05, 4.69) is 27.4 Å². The van der Waals surface area contributed by atoms with Gasteiger partial charge in [-0.15, -0.1) is 11.3 Å². The lowest BCUT2D eigenvalue weighted by Gasteiger charge is -2.26. The quantitative estimate of drug-likeness (QED) is 0.424. The van der Waals surface area contributed by atoms with Gasteiger partial charge in [-0.2, -0.15) is 8.42 Å². The van der Waals surface area contributed by atoms with E-state index in [-0.39, 0.29) is 30.5 Å². The minimum atomic E-state index is -3.96. The minimum Gasteiger partial charge on any atom is -0.368 e. The molecule has 3 unspecified atom stereocenters. The molecule has 3 aromatic rings. The topological polar surface area (TPSA) is 133 Å². The minimum absolute atomic E-state index is 0.0355. The van der Waals surface area contributed by atoms with E-state index in [0.29, 0.717) is 29.3 Å². The number of nitrogens with zero attached hydrogens (tertiary/aromatic N) is 2. The van der Waals surface area contributed by atoms with Crippen molar-refractivity contribution < 1.29 is 22.1 Å². The van der Waals surface area contributed by atoms with Crippen LogP contribution in [0.1, 0.15) is 62.2 Å². The molecule has 2 aromatic heterocycles. The molecule has 1 fully saturated rings. The summed E-state index contributed by atoms with van der Waals surface area (Å²) in [6, 6.07) is 10.2. The Morgan fingerprint density at radius 2 is 2.11 bits per heavy atom. The molecule has 190 valence electrons. The number of rotatable bonds is 8. The zero-order valence-electron chi connectivity index (χ0n) is 19.8. The SMILES string of the molecule is Cc1sc(C(=O)c2cncnc2NC2CCC(COS(N)(=O)=O)C2)cc1C1OCCc2ccccc21. The van der Waals surface area contributed by atoms with Crippen molar-refractivity contribution in [3.8, 4) is 0 Å². The molecule has 3 atom stereocenters. The molecule has 1 aliphatic heterocycles. The smallest absolute Gasteiger partial charge is 0.333 e. The van der Waals surface area contributed by atoms with E-state index in [4.69, 9.17) is 14.1 Å². The van der Waals surface area contributed by atoms with Crippen molar-refractivity contribution >= 4 is 33.2 Å². The molecule has 3 heterocycles. The number of benzene rings is 1. The number of ether oxygens (including phenoxy) is 1. The first-order valence-electron chi connectivity index (χ1n) is 11.9. The van der Waals surface area contributed by atoms with Gasteiger partial charge in [0.1, 0.15) is 18.2 Å². The molecule has 3 N–H and O–H groups in total. The van der Waals surface area contributed by atoms with Gasteiger partial charge >= 0.3 is 10.3 Å². The Hall–Kier alpha value is -2.70. The largest absolute Gasteiger partial charge is 0.368 e. The second-order valence-electron chi connectivity index (χ2n) is 9.23. The van der Waals surface area contributed by atoms with E-state index >= 15 is 0 Å². The summed E-state index contributed by atoms with van der Waals surface area (Å²) in [5.74, 6) is 0.385. The molecule has 36 heavy (non-hydrogen) atoms. The van der Waals surface area contributed by atoms with E-state index in [9.17, 15) is 13.2 Å². The molecule has 11 heteroatoms. The molecule has 0 spiro atoms. The highest BCUT2D eigenvalue weighted by molar-refractivity contribution is 7.84. The van der Waals surface area contributed by atoms with Crippen LogP contribution in [0.4, 0.5) is 5.82 Å². The van der Waals surface area contributed by atoms with Crippen molar-refractivity contribution in [3.05, 3.63) is 74.9 Å². The Balaban J connectivity index is 1.33. The first-order chi connectivity index (χ1) is 17.3. The fourth-order valence-corrected chi connectivity index (χ4v) is 6.39. The Labute approximate surface area is 214 Å². The number of carbonyl (C=O) groups excluding carboxylic acids is 1. The Morgan fingerprint density at radius 1 is 1.28 bits per heavy atom. The van der Waals surface area contributed by atoms with Gasteiger partial charge in [-0.05, 0) is 61.3 Å². The predicted octanol–water partition coefficient (Wildman–Crippen LogP) is 3.54. The summed E-state index contributed by atoms with van der Waals surface area (Å²) in [7, 11) is -3.96. The molecule has 1 aromatic carbocycles. The molecule has 1 aliphatic carbocycles. The van der Waals surface area contributed by atoms with Gasteiger partial charge in [0.2, 0.25) is 5.78 Å². The third-order valence-electron chi connectivity index (χ3n) is 6.76. The summed E-state index contributed by atoms with van der Waals surface area (Å²) < 4.78 is 33.0. The Kier molecular flexibility index (Phi) is 7.18. The summed E-state index contributed by atoms with van der Waals surface area (Å²) in [6.07, 6.45) is 5.92. The maximum atomic E-state index is 13.6. The Bertz CT molecular complexity index is 1370. The van der Waals surface area contributed by atoms with E-state index in [1.54, 1.807) is 0 Å². The van der Waals surface area contributed by atoms with Crippen molar-refractivity contribution in [2.24, 2.45) is 11.1 Å². The first-order valence-corrected chi connectivity index (χ1v) is 14.2. The maximum Gasteiger partial charge on any atom is 0.333 e. The van der Waals surface area contributed by atoms with Crippen LogP contribution in [0.3, 0.4) is 0 Å². The fraction of sp³-hybridized carbons (Fsp3) is 0.400. The zero-order valence-corrected chi connectivity index (χ0v) is 21.5. The van der Waals surface area contributed by atoms with E-state index in [1.165, 1.54) is 29.4 Å². The molecule has 0 saturated heterocycles. The van der Waals surface area contributed by atoms with Gasteiger partial charge in [-0.1, -0.05) is 24.3 Å². The summed E-state index contributed by atoms with van der Waals surface area (Å²) in [5.41, 5.74) is 3.84. The van der Waals surface area contributed by atoms with Crippen molar-refractivity contribution in [2.75, 3.05) is 18.5 Å². The number of hydrogen-bond acceptors (Lipinski definition) is 9. The lowest BCUT2D eigenvalue weighted by molar-refractivity contribution is 0.0697. The fourth-order valence-electron chi connectivity index (χ4n) is 5.01. The number of thiophene rings is 1. The zero-order chi connectivity index (χ0) is 25.3. The highest BCUT2D eigenvalue weighted by Gasteiger charge is 2.29. The number of nitrogens with two attached hydrogens (primary N) is 1. The van der Waals surface area contributed by atoms with Gasteiger partial charge in [0.25, 0.3) is 0 Å². The van der Waals surface area contributed by atoms with Crippen molar-refractivity contribution in [3.63, 3.8) is 0 Å². The number of anilines is 1. The third-order valence-corrected chi connectivity index (χ3v) is 8.29. The first kappa shape index (κ1) is 25.0. The number of aryl methyl sites for hydroxylation is 1. The van der Waals surface area contributed by atoms with Crippen LogP contribution < -0.4 is 10.5 Å². The number of nitrogens with one attached hydrogen (secondary N) is 1. The normalized spacial score (nSPS) is 21.8. The highest BCUT2D eigenvalue weighted by atomic mass is 32.2. The van der Waals surface area contributed by atoms with Crippen molar-refractivity contribution in [1.29, 1.82) is 0 Å². The van der Waals surface area contributed by atoms with Crippen LogP contribution >= 0.6 is 11.3 Å². The molecule has 9 nitrogen and oxygen atoms in total. The average molecular weight is 529 g/mol. The third kappa shape index (κ3) is 5.50. The molecular formula is C25H28N4O5S2. The second-order valence-corrected chi connectivity index (χ2v) is 11.7. The van der Waals surface area contributed by atoms with Gasteiger partial charge in [0.05, 0.1) is 23.7 Å². The number of carbonyl (C=O) groups is 1. The summed E-state index contributed by atoms with van der Waals surface area (Å²) in [5, 5.41) is 8.29. The standard InChI is InChI=1S/C25H28N4O5S2/c1-15-20(24-19-5-3-2-4-17(19)8-9-33-24)11-22(35-15)23(30)21-12-27-14-28-25(21)29-18-7-6-16(10-18)13-34-36(26,31)32/h2-5,11-12,14,16,18,24H,6-10,13H2,1H3,(H2,26,31,32)(H,27,28,29). The number of aromatic nitrogens is 2. The number of ketones is 1. The maximum absolute atomic E-state index is 13.6. The molecule has 0 amide bonds. The molecule has 0 bridgehead atoms. The van der Waals surface area contributed by atoms with Gasteiger partial charge in [0, 0.05) is 17.1 Å². The van der Waals surface area contributed by atoms with E-state index in [0.717, 1.165) is 35.3 Å². The lowest BCUT2D eigenvalue weighted by Crippen LogP contribution is -2.22. The van der Waals surface area contributed by atoms with Crippen LogP contribution in [0, 0.1) is 12.8 Å². The van der Waals surface area contributed by atoms with Gasteiger partial charge in [-0.3, -0.25) is 8.98 Å². The van der Waals surface area contributed by atoms with Crippen LogP contribution in [0.25, 0.3) is 0 Å². The summed E-state index contributed by atoms with van der Waals surface area (Å²) in [6.45, 7) is 2.71. The second kappa shape index (κ2) is 10.3. The summed E-state index contributed by atoms with van der Waals surface area (Å²) >= 11 is 1.45. The van der Waals surface area contributed by atoms with Crippen LogP contribution in [-0.4, -0.2) is 43.4 Å². The Morgan fingerprint density at radius 3 is 2.94 bits per heavy atom. The monoisotopic (exact) mass is 528 g/mol. The molecule has 2 aliphatic rings. The summed E-state index contributed by atoms with van der Waals surface area (Å²) in [4.78, 5) is 23.6. The average Bonchev–Trinajstić information content (AvgIpc) is 3.48. The molecule has 0 radical (unpaired) electrons. The van der Waals surface area contributed by atoms with E-state index in [1.807, 2.05) is 25.1 Å². The number of hydrogen-bond donors (Lipinski definition) is 2. The molecule has 1 saturated carbocycles. The predicted molar refractivity (Wildman–Crippen MR) is 136 cm³/mol. The van der Waals surface area contributed by atoms with Gasteiger partial charge < -0.3 is 10.1 Å². The molecular weight excluding hydrogens is 500 g/mol. The highest BCUT2D eigenvalue weighted by Crippen LogP contribution is 2.38. The van der Waals surface area contributed by atoms with Crippen molar-refractivity contribution in [1.82, 2.24) is 9.97 Å². The van der Waals surface area contributed by atoms with Crippen LogP contribution in [0.15, 0.2) is 42.9 Å². The van der Waals surface area contributed by atoms with Gasteiger partial charge in [0.15, 0.2) is 0 Å². The van der Waals surface area contributed by atoms with Crippen LogP contribution in [0.5, 0.6) is 0 Å². The number of fused-ring (bicyclic) bond motifs is 1. The van der Waals surface area contributed by atoms with Crippen molar-refractivity contribution in [2.45, 2.75) is 44.8 Å².